The Balaban J connectivity index is 2.79. The van der Waals surface area contributed by atoms with Gasteiger partial charge in [-0.3, -0.25) is 0 Å². The molecule has 3 nitrogen and oxygen atoms in total. The van der Waals surface area contributed by atoms with E-state index in [1.165, 1.54) is 0 Å². The smallest absolute Gasteiger partial charge is 0.396 e. The van der Waals surface area contributed by atoms with Gasteiger partial charge in [0.2, 0.25) is 0 Å². The van der Waals surface area contributed by atoms with Crippen LogP contribution in [0, 0.1) is 5.92 Å². The third-order valence-corrected chi connectivity index (χ3v) is 2.60. The van der Waals surface area contributed by atoms with E-state index >= 15 is 0 Å². The summed E-state index contributed by atoms with van der Waals surface area (Å²) < 4.78 is 37.3. The molecule has 1 aromatic rings. The molecule has 2 N–H and O–H groups in total. The molecule has 17 heavy (non-hydrogen) atoms. The van der Waals surface area contributed by atoms with Crippen molar-refractivity contribution in [1.29, 1.82) is 0 Å². The maximum atomic E-state index is 12.4. The Morgan fingerprint density at radius 2 is 2.06 bits per heavy atom. The fraction of sp³-hybridized carbons (Fsp3) is 0.545. The summed E-state index contributed by atoms with van der Waals surface area (Å²) in [6, 6.07) is 1.72. The zero-order valence-corrected chi connectivity index (χ0v) is 9.62. The van der Waals surface area contributed by atoms with Gasteiger partial charge in [-0.05, 0) is 25.0 Å². The van der Waals surface area contributed by atoms with Gasteiger partial charge in [0.15, 0.2) is 0 Å². The van der Waals surface area contributed by atoms with Crippen LogP contribution in [0.2, 0.25) is 0 Å². The lowest BCUT2D eigenvalue weighted by atomic mass is 10.1. The van der Waals surface area contributed by atoms with Gasteiger partial charge in [-0.2, -0.15) is 13.2 Å². The number of hydrogen-bond donors (Lipinski definition) is 2. The van der Waals surface area contributed by atoms with Crippen LogP contribution >= 0.6 is 0 Å². The second kappa shape index (κ2) is 5.35. The number of aromatic nitrogens is 1. The molecule has 0 fully saturated rings. The van der Waals surface area contributed by atoms with Crippen LogP contribution in [0.15, 0.2) is 18.3 Å². The van der Waals surface area contributed by atoms with Gasteiger partial charge >= 0.3 is 6.18 Å². The molecule has 0 amide bonds. The number of hydrogen-bond acceptors (Lipinski definition) is 3. The molecule has 2 unspecified atom stereocenters. The highest BCUT2D eigenvalue weighted by molar-refractivity contribution is 5.39. The number of alkyl halides is 3. The lowest BCUT2D eigenvalue weighted by Crippen LogP contribution is -2.26. The van der Waals surface area contributed by atoms with Crippen molar-refractivity contribution in [2.24, 2.45) is 5.92 Å². The SMILES string of the molecule is CC(CO)C(C)Nc1cc(C(F)(F)F)ccn1. The van der Waals surface area contributed by atoms with Crippen LogP contribution in [-0.2, 0) is 6.18 Å². The minimum atomic E-state index is -4.37. The highest BCUT2D eigenvalue weighted by Crippen LogP contribution is 2.30. The highest BCUT2D eigenvalue weighted by atomic mass is 19.4. The maximum absolute atomic E-state index is 12.4. The minimum absolute atomic E-state index is 0.0346. The lowest BCUT2D eigenvalue weighted by Gasteiger charge is -2.20. The number of halogens is 3. The van der Waals surface area contributed by atoms with E-state index in [4.69, 9.17) is 5.11 Å². The number of aliphatic hydroxyl groups is 1. The second-order valence-electron chi connectivity index (χ2n) is 4.02. The summed E-state index contributed by atoms with van der Waals surface area (Å²) in [5, 5.41) is 11.8. The van der Waals surface area contributed by atoms with Gasteiger partial charge in [-0.15, -0.1) is 0 Å². The second-order valence-corrected chi connectivity index (χ2v) is 4.02. The first-order chi connectivity index (χ1) is 7.84. The summed E-state index contributed by atoms with van der Waals surface area (Å²) in [5.41, 5.74) is -0.737. The van der Waals surface area contributed by atoms with Crippen LogP contribution in [0.1, 0.15) is 19.4 Å². The number of nitrogens with one attached hydrogen (secondary N) is 1. The van der Waals surface area contributed by atoms with Crippen molar-refractivity contribution in [2.45, 2.75) is 26.1 Å². The molecule has 0 aliphatic heterocycles. The van der Waals surface area contributed by atoms with Crippen LogP contribution in [0.25, 0.3) is 0 Å². The number of anilines is 1. The molecule has 0 aliphatic carbocycles. The van der Waals surface area contributed by atoms with Gasteiger partial charge in [-0.25, -0.2) is 4.98 Å². The maximum Gasteiger partial charge on any atom is 0.416 e. The number of pyridine rings is 1. The average molecular weight is 248 g/mol. The molecule has 0 radical (unpaired) electrons. The van der Waals surface area contributed by atoms with Gasteiger partial charge in [0, 0.05) is 18.8 Å². The molecule has 0 saturated carbocycles. The Labute approximate surface area is 97.7 Å². The first-order valence-electron chi connectivity index (χ1n) is 5.25. The van der Waals surface area contributed by atoms with Crippen LogP contribution in [0.3, 0.4) is 0 Å². The first kappa shape index (κ1) is 13.8. The average Bonchev–Trinajstić information content (AvgIpc) is 2.27. The van der Waals surface area contributed by atoms with Crippen molar-refractivity contribution in [3.05, 3.63) is 23.9 Å². The Morgan fingerprint density at radius 1 is 1.41 bits per heavy atom. The van der Waals surface area contributed by atoms with E-state index in [2.05, 4.69) is 10.3 Å². The molecule has 1 heterocycles. The Hall–Kier alpha value is -1.30. The highest BCUT2D eigenvalue weighted by Gasteiger charge is 2.30. The van der Waals surface area contributed by atoms with Crippen molar-refractivity contribution in [2.75, 3.05) is 11.9 Å². The van der Waals surface area contributed by atoms with E-state index in [-0.39, 0.29) is 24.4 Å². The summed E-state index contributed by atoms with van der Waals surface area (Å²) in [7, 11) is 0. The van der Waals surface area contributed by atoms with Crippen molar-refractivity contribution in [3.63, 3.8) is 0 Å². The topological polar surface area (TPSA) is 45.1 Å². The summed E-state index contributed by atoms with van der Waals surface area (Å²) in [6.45, 7) is 3.54. The number of nitrogens with zero attached hydrogens (tertiary/aromatic N) is 1. The predicted octanol–water partition coefficient (Wildman–Crippen LogP) is 2.53. The summed E-state index contributed by atoms with van der Waals surface area (Å²) in [4.78, 5) is 3.82. The minimum Gasteiger partial charge on any atom is -0.396 e. The summed E-state index contributed by atoms with van der Waals surface area (Å²) in [5.74, 6) is 0.0963. The third-order valence-electron chi connectivity index (χ3n) is 2.60. The largest absolute Gasteiger partial charge is 0.416 e. The molecule has 0 aromatic carbocycles. The molecule has 0 saturated heterocycles. The summed E-state index contributed by atoms with van der Waals surface area (Å²) in [6.07, 6.45) is -3.26. The quantitative estimate of drug-likeness (QED) is 0.860. The monoisotopic (exact) mass is 248 g/mol. The van der Waals surface area contributed by atoms with E-state index in [0.29, 0.717) is 0 Å². The zero-order valence-electron chi connectivity index (χ0n) is 9.62. The number of rotatable bonds is 4. The lowest BCUT2D eigenvalue weighted by molar-refractivity contribution is -0.137. The van der Waals surface area contributed by atoms with Crippen molar-refractivity contribution < 1.29 is 18.3 Å². The zero-order chi connectivity index (χ0) is 13.1. The van der Waals surface area contributed by atoms with E-state index in [9.17, 15) is 13.2 Å². The van der Waals surface area contributed by atoms with E-state index < -0.39 is 11.7 Å². The normalized spacial score (nSPS) is 15.4. The molecule has 6 heteroatoms. The molecule has 96 valence electrons. The van der Waals surface area contributed by atoms with Crippen LogP contribution in [0.5, 0.6) is 0 Å². The van der Waals surface area contributed by atoms with Crippen LogP contribution in [0.4, 0.5) is 19.0 Å². The Morgan fingerprint density at radius 3 is 2.59 bits per heavy atom. The number of aliphatic hydroxyl groups excluding tert-OH is 1. The fourth-order valence-corrected chi connectivity index (χ4v) is 1.22. The first-order valence-corrected chi connectivity index (χ1v) is 5.25. The third kappa shape index (κ3) is 3.89. The molecular formula is C11H15F3N2O. The molecular weight excluding hydrogens is 233 g/mol. The van der Waals surface area contributed by atoms with Gasteiger partial charge < -0.3 is 10.4 Å². The fourth-order valence-electron chi connectivity index (χ4n) is 1.22. The van der Waals surface area contributed by atoms with Crippen LogP contribution < -0.4 is 5.32 Å². The van der Waals surface area contributed by atoms with Gasteiger partial charge in [-0.1, -0.05) is 6.92 Å². The van der Waals surface area contributed by atoms with Gasteiger partial charge in [0.25, 0.3) is 0 Å². The van der Waals surface area contributed by atoms with Crippen molar-refractivity contribution in [1.82, 2.24) is 4.98 Å². The molecule has 2 atom stereocenters. The standard InChI is InChI=1S/C11H15F3N2O/c1-7(6-17)8(2)16-10-5-9(3-4-15-10)11(12,13)14/h3-5,7-8,17H,6H2,1-2H3,(H,15,16). The molecule has 0 bridgehead atoms. The van der Waals surface area contributed by atoms with E-state index in [0.717, 1.165) is 18.3 Å². The molecule has 0 aliphatic rings. The summed E-state index contributed by atoms with van der Waals surface area (Å²) >= 11 is 0. The van der Waals surface area contributed by atoms with Crippen molar-refractivity contribution in [3.8, 4) is 0 Å². The van der Waals surface area contributed by atoms with Crippen molar-refractivity contribution >= 4 is 5.82 Å². The van der Waals surface area contributed by atoms with E-state index in [1.54, 1.807) is 13.8 Å². The predicted molar refractivity (Wildman–Crippen MR) is 58.6 cm³/mol. The van der Waals surface area contributed by atoms with E-state index in [1.807, 2.05) is 0 Å². The molecule has 0 spiro atoms. The molecule has 1 aromatic heterocycles. The Kier molecular flexibility index (Phi) is 4.34. The molecule has 1 rings (SSSR count). The Bertz CT molecular complexity index is 368. The van der Waals surface area contributed by atoms with Crippen LogP contribution in [-0.4, -0.2) is 22.7 Å². The van der Waals surface area contributed by atoms with Gasteiger partial charge in [0.05, 0.1) is 5.56 Å². The van der Waals surface area contributed by atoms with Gasteiger partial charge in [0.1, 0.15) is 5.82 Å².